The number of carbonyl (C=O) groups excluding carboxylic acids is 1. The highest BCUT2D eigenvalue weighted by atomic mass is 127. The van der Waals surface area contributed by atoms with Gasteiger partial charge in [0.15, 0.2) is 5.96 Å². The van der Waals surface area contributed by atoms with E-state index < -0.39 is 0 Å². The van der Waals surface area contributed by atoms with Crippen molar-refractivity contribution in [2.75, 3.05) is 20.1 Å². The number of hydrogen-bond donors (Lipinski definition) is 2. The fourth-order valence-electron chi connectivity index (χ4n) is 3.29. The van der Waals surface area contributed by atoms with E-state index in [0.717, 1.165) is 42.5 Å². The number of nitrogens with zero attached hydrogens (tertiary/aromatic N) is 4. The van der Waals surface area contributed by atoms with Crippen LogP contribution in [0, 0.1) is 12.8 Å². The highest BCUT2D eigenvalue weighted by Crippen LogP contribution is 2.13. The number of amides is 1. The third-order valence-electron chi connectivity index (χ3n) is 4.74. The molecule has 2 aromatic heterocycles. The maximum atomic E-state index is 12.1. The van der Waals surface area contributed by atoms with Crippen LogP contribution in [0.3, 0.4) is 0 Å². The molecule has 0 radical (unpaired) electrons. The molecule has 0 aromatic carbocycles. The zero-order valence-electron chi connectivity index (χ0n) is 16.4. The van der Waals surface area contributed by atoms with Crippen LogP contribution in [-0.4, -0.2) is 52.3 Å². The maximum Gasteiger partial charge on any atom is 0.225 e. The molecular weight excluding hydrogens is 455 g/mol. The van der Waals surface area contributed by atoms with Crippen LogP contribution in [0.25, 0.3) is 5.65 Å². The van der Waals surface area contributed by atoms with E-state index >= 15 is 0 Å². The van der Waals surface area contributed by atoms with Crippen LogP contribution in [0.4, 0.5) is 0 Å². The molecule has 2 N–H and O–H groups in total. The molecule has 1 unspecified atom stereocenters. The van der Waals surface area contributed by atoms with Gasteiger partial charge in [0.1, 0.15) is 5.65 Å². The minimum Gasteiger partial charge on any atom is -0.352 e. The molecule has 1 saturated heterocycles. The average molecular weight is 484 g/mol. The normalized spacial score (nSPS) is 17.3. The molecule has 2 aromatic rings. The summed E-state index contributed by atoms with van der Waals surface area (Å²) in [5.74, 6) is 1.00. The number of aryl methyl sites for hydroxylation is 1. The predicted octanol–water partition coefficient (Wildman–Crippen LogP) is 2.18. The van der Waals surface area contributed by atoms with Gasteiger partial charge in [-0.2, -0.15) is 0 Å². The van der Waals surface area contributed by atoms with Gasteiger partial charge in [-0.05, 0) is 25.5 Å². The number of aliphatic imine (C=N–C) groups is 1. The molecule has 8 heteroatoms. The van der Waals surface area contributed by atoms with E-state index in [4.69, 9.17) is 0 Å². The molecule has 1 aliphatic heterocycles. The van der Waals surface area contributed by atoms with Crippen LogP contribution in [0.5, 0.6) is 0 Å². The average Bonchev–Trinajstić information content (AvgIpc) is 3.25. The lowest BCUT2D eigenvalue weighted by atomic mass is 10.2. The first-order valence-electron chi connectivity index (χ1n) is 9.17. The second kappa shape index (κ2) is 9.38. The van der Waals surface area contributed by atoms with Crippen molar-refractivity contribution < 1.29 is 4.79 Å². The zero-order valence-corrected chi connectivity index (χ0v) is 18.7. The van der Waals surface area contributed by atoms with Gasteiger partial charge in [-0.3, -0.25) is 9.79 Å². The molecule has 1 atom stereocenters. The first kappa shape index (κ1) is 21.5. The van der Waals surface area contributed by atoms with Crippen LogP contribution in [0.15, 0.2) is 29.4 Å². The number of fused-ring (bicyclic) bond motifs is 1. The van der Waals surface area contributed by atoms with Crippen molar-refractivity contribution in [1.29, 1.82) is 0 Å². The summed E-state index contributed by atoms with van der Waals surface area (Å²) in [5, 5.41) is 6.73. The van der Waals surface area contributed by atoms with Gasteiger partial charge in [0.2, 0.25) is 5.91 Å². The van der Waals surface area contributed by atoms with E-state index in [2.05, 4.69) is 38.0 Å². The van der Waals surface area contributed by atoms with Crippen molar-refractivity contribution in [2.45, 2.75) is 39.8 Å². The van der Waals surface area contributed by atoms with Crippen molar-refractivity contribution in [3.63, 3.8) is 0 Å². The minimum atomic E-state index is 0. The Morgan fingerprint density at radius 1 is 1.41 bits per heavy atom. The zero-order chi connectivity index (χ0) is 18.7. The molecule has 148 valence electrons. The van der Waals surface area contributed by atoms with Crippen molar-refractivity contribution >= 4 is 41.5 Å². The van der Waals surface area contributed by atoms with Gasteiger partial charge in [-0.15, -0.1) is 24.0 Å². The summed E-state index contributed by atoms with van der Waals surface area (Å²) in [4.78, 5) is 23.0. The van der Waals surface area contributed by atoms with Gasteiger partial charge in [-0.1, -0.05) is 19.9 Å². The summed E-state index contributed by atoms with van der Waals surface area (Å²) in [7, 11) is 1.76. The molecule has 0 bridgehead atoms. The topological polar surface area (TPSA) is 74.0 Å². The summed E-state index contributed by atoms with van der Waals surface area (Å²) in [6.45, 7) is 8.09. The molecule has 1 fully saturated rings. The molecule has 0 aliphatic carbocycles. The largest absolute Gasteiger partial charge is 0.352 e. The van der Waals surface area contributed by atoms with Crippen molar-refractivity contribution in [1.82, 2.24) is 24.9 Å². The molecule has 3 heterocycles. The molecule has 0 saturated carbocycles. The van der Waals surface area contributed by atoms with Crippen LogP contribution >= 0.6 is 24.0 Å². The van der Waals surface area contributed by atoms with Gasteiger partial charge in [0.25, 0.3) is 0 Å². The molecule has 0 spiro atoms. The third-order valence-corrected chi connectivity index (χ3v) is 4.74. The van der Waals surface area contributed by atoms with Gasteiger partial charge < -0.3 is 19.9 Å². The van der Waals surface area contributed by atoms with E-state index in [9.17, 15) is 4.79 Å². The molecule has 1 amide bonds. The smallest absolute Gasteiger partial charge is 0.225 e. The highest BCUT2D eigenvalue weighted by Gasteiger charge is 2.27. The lowest BCUT2D eigenvalue weighted by molar-refractivity contribution is -0.133. The lowest BCUT2D eigenvalue weighted by Gasteiger charge is -2.20. The third kappa shape index (κ3) is 5.12. The van der Waals surface area contributed by atoms with Crippen LogP contribution in [-0.2, 0) is 11.3 Å². The van der Waals surface area contributed by atoms with Gasteiger partial charge in [-0.25, -0.2) is 4.98 Å². The Balaban J connectivity index is 0.00000261. The van der Waals surface area contributed by atoms with Crippen molar-refractivity contribution in [2.24, 2.45) is 10.9 Å². The molecule has 27 heavy (non-hydrogen) atoms. The number of aromatic nitrogens is 2. The summed E-state index contributed by atoms with van der Waals surface area (Å²) in [6.07, 6.45) is 2.98. The van der Waals surface area contributed by atoms with E-state index in [1.165, 1.54) is 0 Å². The Hall–Kier alpha value is -1.84. The summed E-state index contributed by atoms with van der Waals surface area (Å²) in [5.41, 5.74) is 3.07. The number of imidazole rings is 1. The summed E-state index contributed by atoms with van der Waals surface area (Å²) >= 11 is 0. The number of nitrogens with one attached hydrogen (secondary N) is 2. The van der Waals surface area contributed by atoms with Crippen LogP contribution in [0.1, 0.15) is 31.7 Å². The quantitative estimate of drug-likeness (QED) is 0.397. The Bertz CT molecular complexity index is 816. The number of rotatable bonds is 4. The summed E-state index contributed by atoms with van der Waals surface area (Å²) < 4.78 is 2.08. The second-order valence-corrected chi connectivity index (χ2v) is 7.12. The molecule has 7 nitrogen and oxygen atoms in total. The first-order valence-corrected chi connectivity index (χ1v) is 9.17. The first-order chi connectivity index (χ1) is 12.5. The minimum absolute atomic E-state index is 0. The number of pyridine rings is 1. The number of hydrogen-bond acceptors (Lipinski definition) is 3. The van der Waals surface area contributed by atoms with E-state index in [0.29, 0.717) is 6.54 Å². The number of halogens is 1. The van der Waals surface area contributed by atoms with Crippen LogP contribution in [0.2, 0.25) is 0 Å². The fourth-order valence-corrected chi connectivity index (χ4v) is 3.29. The lowest BCUT2D eigenvalue weighted by Crippen LogP contribution is -2.45. The van der Waals surface area contributed by atoms with E-state index in [1.807, 2.05) is 37.1 Å². The van der Waals surface area contributed by atoms with E-state index in [-0.39, 0.29) is 41.8 Å². The SMILES string of the molecule is CN=C(NCc1cn2c(C)cccc2n1)NC1CCN(C(=O)C(C)C)C1.I. The summed E-state index contributed by atoms with van der Waals surface area (Å²) in [6, 6.07) is 6.31. The number of guanidine groups is 1. The Morgan fingerprint density at radius 2 is 2.19 bits per heavy atom. The van der Waals surface area contributed by atoms with Crippen molar-refractivity contribution in [3.05, 3.63) is 35.8 Å². The maximum absolute atomic E-state index is 12.1. The highest BCUT2D eigenvalue weighted by molar-refractivity contribution is 14.0. The fraction of sp³-hybridized carbons (Fsp3) is 0.526. The predicted molar refractivity (Wildman–Crippen MR) is 119 cm³/mol. The van der Waals surface area contributed by atoms with Gasteiger partial charge in [0, 0.05) is 44.0 Å². The van der Waals surface area contributed by atoms with Gasteiger partial charge >= 0.3 is 0 Å². The number of likely N-dealkylation sites (tertiary alicyclic amines) is 1. The standard InChI is InChI=1S/C19H28N6O.HI/c1-13(2)18(26)24-9-8-15(11-24)23-19(20-4)21-10-16-12-25-14(3)6-5-7-17(25)22-16;/h5-7,12-13,15H,8-11H2,1-4H3,(H2,20,21,23);1H. The van der Waals surface area contributed by atoms with E-state index in [1.54, 1.807) is 7.05 Å². The second-order valence-electron chi connectivity index (χ2n) is 7.12. The number of carbonyl (C=O) groups is 1. The molecular formula is C19H29IN6O. The molecule has 1 aliphatic rings. The molecule has 3 rings (SSSR count). The Labute approximate surface area is 177 Å². The van der Waals surface area contributed by atoms with Crippen LogP contribution < -0.4 is 10.6 Å². The van der Waals surface area contributed by atoms with Gasteiger partial charge in [0.05, 0.1) is 12.2 Å². The Kier molecular flexibility index (Phi) is 7.46. The Morgan fingerprint density at radius 3 is 2.85 bits per heavy atom. The monoisotopic (exact) mass is 484 g/mol. The van der Waals surface area contributed by atoms with Crippen molar-refractivity contribution in [3.8, 4) is 0 Å².